The quantitative estimate of drug-likeness (QED) is 0.169. The third-order valence-corrected chi connectivity index (χ3v) is 4.60. The molecule has 0 aromatic heterocycles. The number of oxime groups is 3. The van der Waals surface area contributed by atoms with Crippen molar-refractivity contribution < 1.29 is 24.0 Å². The third kappa shape index (κ3) is 6.58. The molecule has 0 aromatic carbocycles. The minimum Gasteiger partial charge on any atom is -0.468 e. The molecule has 29 heavy (non-hydrogen) atoms. The monoisotopic (exact) mass is 409 g/mol. The van der Waals surface area contributed by atoms with Gasteiger partial charge < -0.3 is 19.2 Å². The molecule has 0 heterocycles. The third-order valence-electron chi connectivity index (χ3n) is 4.60. The molecule has 0 aliphatic heterocycles. The van der Waals surface area contributed by atoms with Crippen molar-refractivity contribution in [2.75, 3.05) is 26.9 Å². The van der Waals surface area contributed by atoms with Crippen LogP contribution in [0.3, 0.4) is 0 Å². The van der Waals surface area contributed by atoms with E-state index in [0.29, 0.717) is 31.8 Å². The molecule has 1 rings (SSSR count). The first-order valence-electron chi connectivity index (χ1n) is 10.1. The SMILES string of the molecule is C=CCO/N=C(/CCC)[C@@H]1/C(=N\OCC)CC(C)(C)[C@H](C(=O)OC)/C1=N\OCC. The molecule has 164 valence electrons. The second kappa shape index (κ2) is 12.2. The van der Waals surface area contributed by atoms with Crippen LogP contribution in [0.2, 0.25) is 0 Å². The van der Waals surface area contributed by atoms with E-state index in [0.717, 1.165) is 17.8 Å². The van der Waals surface area contributed by atoms with Crippen LogP contribution in [0, 0.1) is 17.3 Å². The Morgan fingerprint density at radius 1 is 1.17 bits per heavy atom. The molecule has 1 saturated carbocycles. The van der Waals surface area contributed by atoms with Gasteiger partial charge in [-0.1, -0.05) is 55.3 Å². The first kappa shape index (κ1) is 24.7. The Kier molecular flexibility index (Phi) is 10.4. The zero-order chi connectivity index (χ0) is 21.9. The van der Waals surface area contributed by atoms with E-state index < -0.39 is 17.3 Å². The lowest BCUT2D eigenvalue weighted by atomic mass is 9.62. The van der Waals surface area contributed by atoms with E-state index in [-0.39, 0.29) is 12.6 Å². The molecule has 1 fully saturated rings. The van der Waals surface area contributed by atoms with Gasteiger partial charge >= 0.3 is 5.97 Å². The number of hydrogen-bond acceptors (Lipinski definition) is 8. The maximum atomic E-state index is 12.7. The summed E-state index contributed by atoms with van der Waals surface area (Å²) in [7, 11) is 1.38. The first-order chi connectivity index (χ1) is 13.9. The van der Waals surface area contributed by atoms with E-state index in [1.165, 1.54) is 7.11 Å². The van der Waals surface area contributed by atoms with Crippen molar-refractivity contribution in [2.24, 2.45) is 32.7 Å². The van der Waals surface area contributed by atoms with Crippen LogP contribution in [-0.4, -0.2) is 50.0 Å². The molecule has 0 radical (unpaired) electrons. The Hall–Kier alpha value is -2.38. The molecule has 1 aliphatic carbocycles. The Bertz CT molecular complexity index is 640. The second-order valence-electron chi connectivity index (χ2n) is 7.41. The Morgan fingerprint density at radius 3 is 2.38 bits per heavy atom. The van der Waals surface area contributed by atoms with Gasteiger partial charge in [-0.15, -0.1) is 0 Å². The van der Waals surface area contributed by atoms with Crippen molar-refractivity contribution >= 4 is 23.1 Å². The number of nitrogens with zero attached hydrogens (tertiary/aromatic N) is 3. The molecule has 8 nitrogen and oxygen atoms in total. The summed E-state index contributed by atoms with van der Waals surface area (Å²) in [5.74, 6) is -1.43. The lowest BCUT2D eigenvalue weighted by Gasteiger charge is -2.41. The van der Waals surface area contributed by atoms with Gasteiger partial charge in [0.2, 0.25) is 0 Å². The average molecular weight is 410 g/mol. The van der Waals surface area contributed by atoms with E-state index in [2.05, 4.69) is 22.0 Å². The predicted molar refractivity (Wildman–Crippen MR) is 114 cm³/mol. The van der Waals surface area contributed by atoms with Crippen LogP contribution in [-0.2, 0) is 24.0 Å². The summed E-state index contributed by atoms with van der Waals surface area (Å²) in [5.41, 5.74) is 1.48. The molecule has 0 bridgehead atoms. The zero-order valence-electron chi connectivity index (χ0n) is 18.6. The van der Waals surface area contributed by atoms with Gasteiger partial charge in [-0.05, 0) is 32.1 Å². The first-order valence-corrected chi connectivity index (χ1v) is 10.1. The highest BCUT2D eigenvalue weighted by atomic mass is 16.6. The van der Waals surface area contributed by atoms with Crippen LogP contribution in [0.5, 0.6) is 0 Å². The maximum Gasteiger partial charge on any atom is 0.315 e. The summed E-state index contributed by atoms with van der Waals surface area (Å²) in [6.07, 6.45) is 3.63. The standard InChI is InChI=1S/C21H35N3O5/c1-8-12-15(22-29-13-9-2)17-16(23-27-10-3)14-21(5,6)18(20(25)26-7)19(17)24-28-11-4/h9,17-18H,2,8,10-14H2,1,3-7H3/b22-15-,23-16-,24-19-/t17-,18+/m1/s1. The smallest absolute Gasteiger partial charge is 0.315 e. The van der Waals surface area contributed by atoms with Crippen molar-refractivity contribution in [1.29, 1.82) is 0 Å². The molecule has 0 amide bonds. The number of hydrogen-bond donors (Lipinski definition) is 0. The summed E-state index contributed by atoms with van der Waals surface area (Å²) in [4.78, 5) is 28.9. The Balaban J connectivity index is 3.62. The fraction of sp³-hybridized carbons (Fsp3) is 0.714. The summed E-state index contributed by atoms with van der Waals surface area (Å²) >= 11 is 0. The number of rotatable bonds is 11. The number of ether oxygens (including phenoxy) is 1. The van der Waals surface area contributed by atoms with E-state index in [9.17, 15) is 4.79 Å². The highest BCUT2D eigenvalue weighted by Gasteiger charge is 2.51. The van der Waals surface area contributed by atoms with Crippen LogP contribution in [0.25, 0.3) is 0 Å². The summed E-state index contributed by atoms with van der Waals surface area (Å²) < 4.78 is 5.11. The van der Waals surface area contributed by atoms with E-state index >= 15 is 0 Å². The fourth-order valence-corrected chi connectivity index (χ4v) is 3.48. The molecule has 8 heteroatoms. The lowest BCUT2D eigenvalue weighted by molar-refractivity contribution is -0.146. The largest absolute Gasteiger partial charge is 0.468 e. The van der Waals surface area contributed by atoms with Gasteiger partial charge in [0, 0.05) is 0 Å². The van der Waals surface area contributed by atoms with Crippen molar-refractivity contribution in [3.05, 3.63) is 12.7 Å². The highest BCUT2D eigenvalue weighted by molar-refractivity contribution is 6.29. The van der Waals surface area contributed by atoms with Gasteiger partial charge in [0.25, 0.3) is 0 Å². The van der Waals surface area contributed by atoms with Crippen molar-refractivity contribution in [2.45, 2.75) is 53.9 Å². The molecule has 2 atom stereocenters. The minimum absolute atomic E-state index is 0.279. The van der Waals surface area contributed by atoms with E-state index in [1.54, 1.807) is 6.08 Å². The Labute approximate surface area is 174 Å². The van der Waals surface area contributed by atoms with Gasteiger partial charge in [-0.3, -0.25) is 4.79 Å². The average Bonchev–Trinajstić information content (AvgIpc) is 2.69. The second-order valence-corrected chi connectivity index (χ2v) is 7.41. The number of methoxy groups -OCH3 is 1. The summed E-state index contributed by atoms with van der Waals surface area (Å²) in [6.45, 7) is 14.5. The maximum absolute atomic E-state index is 12.7. The van der Waals surface area contributed by atoms with Gasteiger partial charge in [-0.25, -0.2) is 0 Å². The van der Waals surface area contributed by atoms with Gasteiger partial charge in [0.1, 0.15) is 25.7 Å². The lowest BCUT2D eigenvalue weighted by Crippen LogP contribution is -2.52. The van der Waals surface area contributed by atoms with Crippen LogP contribution in [0.4, 0.5) is 0 Å². The van der Waals surface area contributed by atoms with E-state index in [4.69, 9.17) is 19.2 Å². The predicted octanol–water partition coefficient (Wildman–Crippen LogP) is 3.97. The van der Waals surface area contributed by atoms with Crippen LogP contribution < -0.4 is 0 Å². The normalized spacial score (nSPS) is 24.3. The molecule has 1 aliphatic rings. The van der Waals surface area contributed by atoms with Crippen molar-refractivity contribution in [3.8, 4) is 0 Å². The zero-order valence-corrected chi connectivity index (χ0v) is 18.6. The van der Waals surface area contributed by atoms with Crippen LogP contribution in [0.1, 0.15) is 53.9 Å². The molecule has 0 spiro atoms. The van der Waals surface area contributed by atoms with Gasteiger partial charge in [-0.2, -0.15) is 0 Å². The van der Waals surface area contributed by atoms with E-state index in [1.807, 2.05) is 34.6 Å². The number of carbonyl (C=O) groups is 1. The summed E-state index contributed by atoms with van der Waals surface area (Å²) in [5, 5.41) is 13.0. The fourth-order valence-electron chi connectivity index (χ4n) is 3.48. The van der Waals surface area contributed by atoms with Crippen molar-refractivity contribution in [3.63, 3.8) is 0 Å². The minimum atomic E-state index is -0.605. The van der Waals surface area contributed by atoms with Crippen LogP contribution >= 0.6 is 0 Å². The summed E-state index contributed by atoms with van der Waals surface area (Å²) in [6, 6.07) is 0. The van der Waals surface area contributed by atoms with Gasteiger partial charge in [0.15, 0.2) is 0 Å². The molecular weight excluding hydrogens is 374 g/mol. The molecule has 0 saturated heterocycles. The van der Waals surface area contributed by atoms with Crippen molar-refractivity contribution in [1.82, 2.24) is 0 Å². The van der Waals surface area contributed by atoms with Gasteiger partial charge in [0.05, 0.1) is 30.2 Å². The Morgan fingerprint density at radius 2 is 1.83 bits per heavy atom. The molecule has 0 N–H and O–H groups in total. The topological polar surface area (TPSA) is 91.1 Å². The molecular formula is C21H35N3O5. The molecule has 0 aromatic rings. The highest BCUT2D eigenvalue weighted by Crippen LogP contribution is 2.42. The molecule has 0 unspecified atom stereocenters. The number of carbonyl (C=O) groups excluding carboxylic acids is 1. The number of esters is 1. The van der Waals surface area contributed by atoms with Crippen LogP contribution in [0.15, 0.2) is 28.1 Å².